The molecule has 0 spiro atoms. The van der Waals surface area contributed by atoms with Crippen molar-refractivity contribution in [2.75, 3.05) is 4.72 Å². The predicted molar refractivity (Wildman–Crippen MR) is 118 cm³/mol. The highest BCUT2D eigenvalue weighted by Gasteiger charge is 2.21. The van der Waals surface area contributed by atoms with Crippen molar-refractivity contribution in [3.63, 3.8) is 0 Å². The summed E-state index contributed by atoms with van der Waals surface area (Å²) < 4.78 is 55.8. The quantitative estimate of drug-likeness (QED) is 0.413. The number of aryl methyl sites for hydroxylation is 1. The van der Waals surface area contributed by atoms with Crippen LogP contribution in [-0.4, -0.2) is 19.5 Å². The second kappa shape index (κ2) is 8.05. The van der Waals surface area contributed by atoms with E-state index < -0.39 is 27.4 Å². The van der Waals surface area contributed by atoms with Gasteiger partial charge in [-0.1, -0.05) is 36.4 Å². The van der Waals surface area contributed by atoms with Crippen molar-refractivity contribution in [3.8, 4) is 11.1 Å². The number of halogens is 2. The SMILES string of the molecule is Cc1cc(F)ccc1-c1ccc(S(=O)(=O)Nc2ccc(F)c(C(=O)O)c2)c2ccccc12. The van der Waals surface area contributed by atoms with E-state index in [9.17, 15) is 22.0 Å². The van der Waals surface area contributed by atoms with Gasteiger partial charge in [-0.2, -0.15) is 0 Å². The lowest BCUT2D eigenvalue weighted by atomic mass is 9.95. The van der Waals surface area contributed by atoms with Crippen molar-refractivity contribution in [1.29, 1.82) is 0 Å². The number of aromatic carboxylic acids is 1. The lowest BCUT2D eigenvalue weighted by Crippen LogP contribution is -2.14. The third-order valence-corrected chi connectivity index (χ3v) is 6.54. The Morgan fingerprint density at radius 2 is 1.56 bits per heavy atom. The summed E-state index contributed by atoms with van der Waals surface area (Å²) in [6.45, 7) is 1.77. The summed E-state index contributed by atoms with van der Waals surface area (Å²) in [5, 5.41) is 10.2. The van der Waals surface area contributed by atoms with E-state index in [1.165, 1.54) is 18.2 Å². The average Bonchev–Trinajstić information content (AvgIpc) is 2.74. The molecule has 0 amide bonds. The molecule has 2 N–H and O–H groups in total. The molecule has 8 heteroatoms. The fraction of sp³-hybridized carbons (Fsp3) is 0.0417. The van der Waals surface area contributed by atoms with Crippen LogP contribution in [0.5, 0.6) is 0 Å². The van der Waals surface area contributed by atoms with Gasteiger partial charge in [-0.3, -0.25) is 4.72 Å². The molecule has 0 unspecified atom stereocenters. The van der Waals surface area contributed by atoms with Gasteiger partial charge in [-0.25, -0.2) is 22.0 Å². The van der Waals surface area contributed by atoms with E-state index in [0.29, 0.717) is 16.3 Å². The number of fused-ring (bicyclic) bond motifs is 1. The molecule has 4 aromatic rings. The molecular formula is C24H17F2NO4S. The lowest BCUT2D eigenvalue weighted by molar-refractivity contribution is 0.0692. The third-order valence-electron chi connectivity index (χ3n) is 5.10. The minimum absolute atomic E-state index is 0.0298. The van der Waals surface area contributed by atoms with Crippen molar-refractivity contribution in [1.82, 2.24) is 0 Å². The van der Waals surface area contributed by atoms with Gasteiger partial charge in [0.2, 0.25) is 0 Å². The molecule has 0 saturated heterocycles. The average molecular weight is 453 g/mol. The molecule has 0 aliphatic rings. The summed E-state index contributed by atoms with van der Waals surface area (Å²) in [5.41, 5.74) is 1.50. The first-order valence-electron chi connectivity index (χ1n) is 9.51. The van der Waals surface area contributed by atoms with Gasteiger partial charge in [-0.05, 0) is 65.4 Å². The molecule has 0 radical (unpaired) electrons. The van der Waals surface area contributed by atoms with Crippen LogP contribution in [0.25, 0.3) is 21.9 Å². The fourth-order valence-corrected chi connectivity index (χ4v) is 4.89. The Morgan fingerprint density at radius 3 is 2.25 bits per heavy atom. The van der Waals surface area contributed by atoms with Crippen molar-refractivity contribution in [2.45, 2.75) is 11.8 Å². The van der Waals surface area contributed by atoms with E-state index in [0.717, 1.165) is 29.3 Å². The number of sulfonamides is 1. The van der Waals surface area contributed by atoms with Gasteiger partial charge in [-0.15, -0.1) is 0 Å². The van der Waals surface area contributed by atoms with E-state index >= 15 is 0 Å². The van der Waals surface area contributed by atoms with Gasteiger partial charge in [0.05, 0.1) is 10.5 Å². The Balaban J connectivity index is 1.83. The zero-order valence-corrected chi connectivity index (χ0v) is 17.6. The first kappa shape index (κ1) is 21.5. The number of hydrogen-bond donors (Lipinski definition) is 2. The highest BCUT2D eigenvalue weighted by molar-refractivity contribution is 7.93. The van der Waals surface area contributed by atoms with Crippen molar-refractivity contribution in [3.05, 3.63) is 95.6 Å². The van der Waals surface area contributed by atoms with Crippen LogP contribution >= 0.6 is 0 Å². The van der Waals surface area contributed by atoms with Crippen LogP contribution in [0.3, 0.4) is 0 Å². The van der Waals surface area contributed by atoms with Crippen LogP contribution in [0.4, 0.5) is 14.5 Å². The minimum Gasteiger partial charge on any atom is -0.478 e. The molecule has 4 aromatic carbocycles. The summed E-state index contributed by atoms with van der Waals surface area (Å²) in [5.74, 6) is -2.84. The standard InChI is InChI=1S/C24H17F2NO4S/c1-14-12-15(25)6-8-17(14)19-9-11-23(20-5-3-2-4-18(19)20)32(30,31)27-16-7-10-22(26)21(13-16)24(28)29/h2-13,27H,1H3,(H,28,29). The molecule has 5 nitrogen and oxygen atoms in total. The number of nitrogens with one attached hydrogen (secondary N) is 1. The molecule has 0 bridgehead atoms. The van der Waals surface area contributed by atoms with E-state index in [-0.39, 0.29) is 16.4 Å². The minimum atomic E-state index is -4.14. The smallest absolute Gasteiger partial charge is 0.338 e. The van der Waals surface area contributed by atoms with Crippen molar-refractivity contribution in [2.24, 2.45) is 0 Å². The molecule has 4 rings (SSSR count). The fourth-order valence-electron chi connectivity index (χ4n) is 3.63. The predicted octanol–water partition coefficient (Wildman–Crippen LogP) is 5.59. The van der Waals surface area contributed by atoms with E-state index in [4.69, 9.17) is 5.11 Å². The van der Waals surface area contributed by atoms with E-state index in [1.807, 2.05) is 0 Å². The largest absolute Gasteiger partial charge is 0.478 e. The first-order chi connectivity index (χ1) is 15.2. The van der Waals surface area contributed by atoms with Crippen molar-refractivity contribution >= 4 is 32.5 Å². The monoisotopic (exact) mass is 453 g/mol. The highest BCUT2D eigenvalue weighted by Crippen LogP contribution is 2.35. The molecule has 0 atom stereocenters. The molecular weight excluding hydrogens is 436 g/mol. The Labute approximate surface area is 183 Å². The van der Waals surface area contributed by atoms with Crippen molar-refractivity contribution < 1.29 is 27.1 Å². The number of anilines is 1. The molecule has 0 aliphatic carbocycles. The zero-order valence-electron chi connectivity index (χ0n) is 16.8. The maximum atomic E-state index is 13.7. The number of hydrogen-bond acceptors (Lipinski definition) is 3. The van der Waals surface area contributed by atoms with E-state index in [2.05, 4.69) is 4.72 Å². The molecule has 0 aliphatic heterocycles. The Morgan fingerprint density at radius 1 is 0.875 bits per heavy atom. The van der Waals surface area contributed by atoms with Gasteiger partial charge in [0.25, 0.3) is 10.0 Å². The van der Waals surface area contributed by atoms with E-state index in [1.54, 1.807) is 43.3 Å². The summed E-state index contributed by atoms with van der Waals surface area (Å²) >= 11 is 0. The molecule has 0 fully saturated rings. The van der Waals surface area contributed by atoms with Gasteiger partial charge >= 0.3 is 5.97 Å². The number of carbonyl (C=O) groups is 1. The second-order valence-corrected chi connectivity index (χ2v) is 8.87. The Hall–Kier alpha value is -3.78. The van der Waals surface area contributed by atoms with Crippen LogP contribution in [-0.2, 0) is 10.0 Å². The number of carboxylic acid groups (broad SMARTS) is 1. The summed E-state index contributed by atoms with van der Waals surface area (Å²) in [4.78, 5) is 11.1. The van der Waals surface area contributed by atoms with Gasteiger partial charge in [0.15, 0.2) is 0 Å². The van der Waals surface area contributed by atoms with Crippen LogP contribution in [0.1, 0.15) is 15.9 Å². The third kappa shape index (κ3) is 3.92. The van der Waals surface area contributed by atoms with Crippen LogP contribution in [0.2, 0.25) is 0 Å². The van der Waals surface area contributed by atoms with Gasteiger partial charge < -0.3 is 5.11 Å². The molecule has 0 saturated carbocycles. The number of rotatable bonds is 5. The summed E-state index contributed by atoms with van der Waals surface area (Å²) in [6, 6.07) is 17.3. The molecule has 0 aromatic heterocycles. The second-order valence-electron chi connectivity index (χ2n) is 7.22. The van der Waals surface area contributed by atoms with Crippen LogP contribution in [0, 0.1) is 18.6 Å². The van der Waals surface area contributed by atoms with Gasteiger partial charge in [0.1, 0.15) is 11.6 Å². The molecule has 0 heterocycles. The normalized spacial score (nSPS) is 11.5. The van der Waals surface area contributed by atoms with Crippen LogP contribution in [0.15, 0.2) is 77.7 Å². The summed E-state index contributed by atoms with van der Waals surface area (Å²) in [6.07, 6.45) is 0. The van der Waals surface area contributed by atoms with Crippen LogP contribution < -0.4 is 4.72 Å². The van der Waals surface area contributed by atoms with Gasteiger partial charge in [0, 0.05) is 11.1 Å². The Bertz CT molecular complexity index is 1480. The number of carboxylic acids is 1. The molecule has 162 valence electrons. The zero-order chi connectivity index (χ0) is 23.0. The maximum absolute atomic E-state index is 13.7. The number of benzene rings is 4. The maximum Gasteiger partial charge on any atom is 0.338 e. The Kier molecular flexibility index (Phi) is 5.40. The summed E-state index contributed by atoms with van der Waals surface area (Å²) in [7, 11) is -4.14. The lowest BCUT2D eigenvalue weighted by Gasteiger charge is -2.15. The highest BCUT2D eigenvalue weighted by atomic mass is 32.2. The molecule has 32 heavy (non-hydrogen) atoms. The topological polar surface area (TPSA) is 83.5 Å². The first-order valence-corrected chi connectivity index (χ1v) is 11.0.